The summed E-state index contributed by atoms with van der Waals surface area (Å²) in [4.78, 5) is 21.9. The highest BCUT2D eigenvalue weighted by Crippen LogP contribution is 2.32. The number of benzene rings is 1. The lowest BCUT2D eigenvalue weighted by Gasteiger charge is -2.15. The van der Waals surface area contributed by atoms with E-state index in [1.807, 2.05) is 31.2 Å². The van der Waals surface area contributed by atoms with Crippen molar-refractivity contribution in [1.29, 1.82) is 0 Å². The van der Waals surface area contributed by atoms with E-state index in [0.717, 1.165) is 38.6 Å². The standard InChI is InChI=1S/C19H21N5O2S/c1-2-5-24(26)19(25)14-6-13-4-3-12(8-17(13)23-18(20)9-14)15-7-16(27-21)11-22-10-15/h3-4,6-8,10-11,26H,2,5,9,21H2,1H3,(H2,20,23). The largest absolute Gasteiger partial charge is 0.387 e. The number of carbonyl (C=O) groups is 1. The Morgan fingerprint density at radius 2 is 2.11 bits per heavy atom. The minimum atomic E-state index is -0.455. The quantitative estimate of drug-likeness (QED) is 0.415. The number of amidine groups is 1. The van der Waals surface area contributed by atoms with Crippen LogP contribution in [-0.2, 0) is 4.79 Å². The molecule has 0 saturated carbocycles. The van der Waals surface area contributed by atoms with Crippen LogP contribution in [-0.4, -0.2) is 33.5 Å². The Morgan fingerprint density at radius 3 is 2.85 bits per heavy atom. The van der Waals surface area contributed by atoms with Crippen LogP contribution in [0.4, 0.5) is 5.69 Å². The molecule has 7 nitrogen and oxygen atoms in total. The first-order valence-electron chi connectivity index (χ1n) is 8.52. The van der Waals surface area contributed by atoms with Crippen LogP contribution in [0.25, 0.3) is 17.2 Å². The summed E-state index contributed by atoms with van der Waals surface area (Å²) < 4.78 is 0. The summed E-state index contributed by atoms with van der Waals surface area (Å²) >= 11 is 1.13. The number of aromatic nitrogens is 1. The van der Waals surface area contributed by atoms with E-state index in [1.165, 1.54) is 0 Å². The molecule has 140 valence electrons. The van der Waals surface area contributed by atoms with Crippen LogP contribution in [0.2, 0.25) is 0 Å². The molecule has 2 heterocycles. The zero-order valence-electron chi connectivity index (χ0n) is 14.9. The maximum absolute atomic E-state index is 12.4. The first-order chi connectivity index (χ1) is 13.0. The van der Waals surface area contributed by atoms with Crippen molar-refractivity contribution in [2.75, 3.05) is 6.54 Å². The number of rotatable bonds is 5. The highest BCUT2D eigenvalue weighted by molar-refractivity contribution is 7.97. The molecule has 1 aliphatic rings. The minimum absolute atomic E-state index is 0.185. The average Bonchev–Trinajstić information content (AvgIpc) is 2.84. The molecule has 0 saturated heterocycles. The number of carbonyl (C=O) groups excluding carboxylic acids is 1. The molecular weight excluding hydrogens is 362 g/mol. The van der Waals surface area contributed by atoms with Gasteiger partial charge in [0.2, 0.25) is 0 Å². The van der Waals surface area contributed by atoms with E-state index in [1.54, 1.807) is 18.5 Å². The Morgan fingerprint density at radius 1 is 1.30 bits per heavy atom. The van der Waals surface area contributed by atoms with Crippen LogP contribution >= 0.6 is 11.9 Å². The molecule has 0 aliphatic carbocycles. The Labute approximate surface area is 161 Å². The van der Waals surface area contributed by atoms with Gasteiger partial charge in [0.05, 0.1) is 5.69 Å². The molecule has 1 amide bonds. The first-order valence-corrected chi connectivity index (χ1v) is 9.40. The molecule has 0 unspecified atom stereocenters. The second-order valence-electron chi connectivity index (χ2n) is 6.18. The molecule has 3 rings (SSSR count). The van der Waals surface area contributed by atoms with Gasteiger partial charge in [-0.15, -0.1) is 0 Å². The fraction of sp³-hybridized carbons (Fsp3) is 0.211. The molecule has 5 N–H and O–H groups in total. The second kappa shape index (κ2) is 8.34. The third-order valence-corrected chi connectivity index (χ3v) is 4.62. The predicted octanol–water partition coefficient (Wildman–Crippen LogP) is 3.12. The lowest BCUT2D eigenvalue weighted by atomic mass is 10.0. The SMILES string of the molecule is CCCN(O)C(=O)C1=Cc2ccc(-c3cncc(SN)c3)cc2N=C(N)C1. The number of amides is 1. The number of hydrogen-bond acceptors (Lipinski definition) is 7. The summed E-state index contributed by atoms with van der Waals surface area (Å²) in [6.45, 7) is 2.15. The Bertz CT molecular complexity index is 926. The molecule has 0 radical (unpaired) electrons. The normalized spacial score (nSPS) is 13.3. The van der Waals surface area contributed by atoms with Crippen molar-refractivity contribution in [2.45, 2.75) is 24.7 Å². The summed E-state index contributed by atoms with van der Waals surface area (Å²) in [6, 6.07) is 7.65. The van der Waals surface area contributed by atoms with Gasteiger partial charge in [-0.3, -0.25) is 20.1 Å². The van der Waals surface area contributed by atoms with E-state index < -0.39 is 5.91 Å². The van der Waals surface area contributed by atoms with Crippen molar-refractivity contribution >= 4 is 35.5 Å². The van der Waals surface area contributed by atoms with Crippen LogP contribution in [0, 0.1) is 0 Å². The minimum Gasteiger partial charge on any atom is -0.387 e. The number of hydroxylamine groups is 2. The van der Waals surface area contributed by atoms with Crippen LogP contribution < -0.4 is 10.9 Å². The van der Waals surface area contributed by atoms with E-state index in [0.29, 0.717) is 23.5 Å². The average molecular weight is 383 g/mol. The van der Waals surface area contributed by atoms with Gasteiger partial charge in [0.1, 0.15) is 5.84 Å². The van der Waals surface area contributed by atoms with Crippen LogP contribution in [0.15, 0.2) is 52.1 Å². The predicted molar refractivity (Wildman–Crippen MR) is 107 cm³/mol. The number of hydrogen-bond donors (Lipinski definition) is 3. The second-order valence-corrected chi connectivity index (χ2v) is 6.89. The molecule has 1 aliphatic heterocycles. The van der Waals surface area contributed by atoms with Crippen LogP contribution in [0.1, 0.15) is 25.3 Å². The van der Waals surface area contributed by atoms with E-state index in [4.69, 9.17) is 10.9 Å². The first kappa shape index (κ1) is 19.1. The van der Waals surface area contributed by atoms with Crippen molar-refractivity contribution < 1.29 is 10.0 Å². The molecule has 27 heavy (non-hydrogen) atoms. The summed E-state index contributed by atoms with van der Waals surface area (Å²) in [5, 5.41) is 16.2. The van der Waals surface area contributed by atoms with Gasteiger partial charge in [-0.1, -0.05) is 19.1 Å². The van der Waals surface area contributed by atoms with E-state index in [-0.39, 0.29) is 13.0 Å². The summed E-state index contributed by atoms with van der Waals surface area (Å²) in [7, 11) is 0. The van der Waals surface area contributed by atoms with Gasteiger partial charge < -0.3 is 5.73 Å². The monoisotopic (exact) mass is 383 g/mol. The number of aliphatic imine (C=N–C) groups is 1. The molecule has 0 atom stereocenters. The number of pyridine rings is 1. The van der Waals surface area contributed by atoms with Crippen LogP contribution in [0.3, 0.4) is 0 Å². The Balaban J connectivity index is 1.99. The van der Waals surface area contributed by atoms with Crippen molar-refractivity contribution in [3.63, 3.8) is 0 Å². The maximum atomic E-state index is 12.4. The van der Waals surface area contributed by atoms with Gasteiger partial charge in [0.15, 0.2) is 0 Å². The molecule has 2 aromatic rings. The molecule has 8 heteroatoms. The zero-order chi connectivity index (χ0) is 19.4. The maximum Gasteiger partial charge on any atom is 0.273 e. The Hall–Kier alpha value is -2.68. The molecule has 0 spiro atoms. The summed E-state index contributed by atoms with van der Waals surface area (Å²) in [5.74, 6) is -0.136. The number of nitrogens with two attached hydrogens (primary N) is 2. The van der Waals surface area contributed by atoms with Gasteiger partial charge in [-0.2, -0.15) is 0 Å². The smallest absolute Gasteiger partial charge is 0.273 e. The van der Waals surface area contributed by atoms with E-state index in [9.17, 15) is 10.0 Å². The van der Waals surface area contributed by atoms with Gasteiger partial charge in [-0.05, 0) is 42.1 Å². The highest BCUT2D eigenvalue weighted by atomic mass is 32.2. The highest BCUT2D eigenvalue weighted by Gasteiger charge is 2.20. The van der Waals surface area contributed by atoms with Crippen molar-refractivity contribution in [3.8, 4) is 11.1 Å². The van der Waals surface area contributed by atoms with Gasteiger partial charge in [-0.25, -0.2) is 10.1 Å². The molecule has 0 bridgehead atoms. The molecule has 1 aromatic carbocycles. The van der Waals surface area contributed by atoms with Gasteiger partial charge in [0.25, 0.3) is 5.91 Å². The van der Waals surface area contributed by atoms with Gasteiger partial charge in [0, 0.05) is 47.0 Å². The van der Waals surface area contributed by atoms with Gasteiger partial charge >= 0.3 is 0 Å². The fourth-order valence-corrected chi connectivity index (χ4v) is 3.14. The Kier molecular flexibility index (Phi) is 5.90. The number of fused-ring (bicyclic) bond motifs is 1. The zero-order valence-corrected chi connectivity index (χ0v) is 15.7. The summed E-state index contributed by atoms with van der Waals surface area (Å²) in [6.07, 6.45) is 6.03. The molecule has 1 aromatic heterocycles. The number of nitrogens with zero attached hydrogens (tertiary/aromatic N) is 3. The third-order valence-electron chi connectivity index (χ3n) is 4.12. The molecular formula is C19H21N5O2S. The lowest BCUT2D eigenvalue weighted by molar-refractivity contribution is -0.160. The van der Waals surface area contributed by atoms with Crippen molar-refractivity contribution in [1.82, 2.24) is 10.0 Å². The summed E-state index contributed by atoms with van der Waals surface area (Å²) in [5.41, 5.74) is 9.68. The fourth-order valence-electron chi connectivity index (χ4n) is 2.83. The molecule has 0 fully saturated rings. The van der Waals surface area contributed by atoms with E-state index in [2.05, 4.69) is 9.98 Å². The van der Waals surface area contributed by atoms with Crippen LogP contribution in [0.5, 0.6) is 0 Å². The topological polar surface area (TPSA) is 118 Å². The van der Waals surface area contributed by atoms with E-state index >= 15 is 0 Å². The van der Waals surface area contributed by atoms with Crippen molar-refractivity contribution in [2.24, 2.45) is 15.9 Å². The third kappa shape index (κ3) is 4.36. The van der Waals surface area contributed by atoms with Crippen molar-refractivity contribution in [3.05, 3.63) is 47.8 Å². The lowest BCUT2D eigenvalue weighted by Crippen LogP contribution is -2.30.